The van der Waals surface area contributed by atoms with Gasteiger partial charge in [-0.15, -0.1) is 10.2 Å². The first-order chi connectivity index (χ1) is 16.2. The number of Topliss-reactive ketones (excluding diaryl/α,β-unsaturated/α-hetero) is 2. The van der Waals surface area contributed by atoms with Crippen LogP contribution in [0.5, 0.6) is 0 Å². The molecular weight excluding hydrogens is 440 g/mol. The molecule has 0 spiro atoms. The number of hydrogen-bond acceptors (Lipinski definition) is 8. The van der Waals surface area contributed by atoms with E-state index in [4.69, 9.17) is 0 Å². The summed E-state index contributed by atoms with van der Waals surface area (Å²) in [5, 5.41) is 8.67. The molecule has 0 radical (unpaired) electrons. The Labute approximate surface area is 190 Å². The Balaban J connectivity index is 1.79. The zero-order valence-electron chi connectivity index (χ0n) is 18.7. The summed E-state index contributed by atoms with van der Waals surface area (Å²) in [6.45, 7) is 5.99. The molecule has 0 aliphatic heterocycles. The van der Waals surface area contributed by atoms with Crippen LogP contribution in [0.2, 0.25) is 0 Å². The quantitative estimate of drug-likeness (QED) is 0.365. The monoisotopic (exact) mass is 458 g/mol. The molecule has 0 fully saturated rings. The van der Waals surface area contributed by atoms with E-state index in [1.165, 1.54) is 35.3 Å². The van der Waals surface area contributed by atoms with Crippen LogP contribution in [0.3, 0.4) is 0 Å². The van der Waals surface area contributed by atoms with Gasteiger partial charge in [0.05, 0.1) is 11.4 Å². The highest BCUT2D eigenvalue weighted by Gasteiger charge is 2.21. The van der Waals surface area contributed by atoms with Crippen molar-refractivity contribution in [3.05, 3.63) is 80.1 Å². The van der Waals surface area contributed by atoms with Crippen LogP contribution in [0.15, 0.2) is 46.0 Å². The lowest BCUT2D eigenvalue weighted by molar-refractivity contribution is 0.0993. The van der Waals surface area contributed by atoms with E-state index in [1.54, 1.807) is 38.1 Å². The van der Waals surface area contributed by atoms with E-state index in [-0.39, 0.29) is 23.2 Å². The third-order valence-corrected chi connectivity index (χ3v) is 5.20. The highest BCUT2D eigenvalue weighted by molar-refractivity contribution is 5.91. The number of benzene rings is 1. The molecule has 5 aromatic rings. The molecule has 12 heteroatoms. The Morgan fingerprint density at radius 3 is 1.50 bits per heavy atom. The zero-order valence-corrected chi connectivity index (χ0v) is 18.7. The van der Waals surface area contributed by atoms with Gasteiger partial charge in [0.2, 0.25) is 23.2 Å². The summed E-state index contributed by atoms with van der Waals surface area (Å²) in [6.07, 6.45) is 0. The molecule has 0 unspecified atom stereocenters. The second-order valence-corrected chi connectivity index (χ2v) is 7.85. The summed E-state index contributed by atoms with van der Waals surface area (Å²) in [7, 11) is 0. The number of ketones is 2. The number of aromatic nitrogens is 8. The maximum absolute atomic E-state index is 12.6. The van der Waals surface area contributed by atoms with Crippen molar-refractivity contribution in [2.24, 2.45) is 0 Å². The van der Waals surface area contributed by atoms with E-state index in [0.29, 0.717) is 22.8 Å². The first kappa shape index (κ1) is 21.1. The summed E-state index contributed by atoms with van der Waals surface area (Å²) >= 11 is 0. The second-order valence-electron chi connectivity index (χ2n) is 7.85. The smallest absolute Gasteiger partial charge is 0.261 e. The number of aryl methyl sites for hydroxylation is 2. The lowest BCUT2D eigenvalue weighted by Gasteiger charge is -2.07. The average Bonchev–Trinajstić information content (AvgIpc) is 3.33. The van der Waals surface area contributed by atoms with Crippen LogP contribution in [0.1, 0.15) is 46.5 Å². The fourth-order valence-electron chi connectivity index (χ4n) is 3.77. The highest BCUT2D eigenvalue weighted by Crippen LogP contribution is 2.18. The number of carbonyl (C=O) groups excluding carboxylic acids is 2. The van der Waals surface area contributed by atoms with E-state index in [2.05, 4.69) is 20.2 Å². The lowest BCUT2D eigenvalue weighted by Crippen LogP contribution is -2.18. The molecule has 0 bridgehead atoms. The maximum Gasteiger partial charge on any atom is 0.261 e. The van der Waals surface area contributed by atoms with Crippen molar-refractivity contribution in [2.75, 3.05) is 0 Å². The fourth-order valence-corrected chi connectivity index (χ4v) is 3.77. The molecule has 1 aromatic carbocycles. The zero-order chi connectivity index (χ0) is 24.3. The normalized spacial score (nSPS) is 11.4. The Bertz CT molecular complexity index is 1660. The van der Waals surface area contributed by atoms with Gasteiger partial charge in [-0.2, -0.15) is 9.36 Å². The van der Waals surface area contributed by atoms with E-state index in [1.807, 2.05) is 0 Å². The van der Waals surface area contributed by atoms with Crippen molar-refractivity contribution in [1.82, 2.24) is 38.3 Å². The van der Waals surface area contributed by atoms with Gasteiger partial charge < -0.3 is 0 Å². The molecule has 0 amide bonds. The van der Waals surface area contributed by atoms with E-state index in [0.717, 1.165) is 8.80 Å². The van der Waals surface area contributed by atoms with E-state index >= 15 is 0 Å². The predicted octanol–water partition coefficient (Wildman–Crippen LogP) is 1.10. The first-order valence-electron chi connectivity index (χ1n) is 10.3. The minimum Gasteiger partial charge on any atom is -0.291 e. The molecule has 34 heavy (non-hydrogen) atoms. The molecule has 0 saturated heterocycles. The predicted molar refractivity (Wildman–Crippen MR) is 120 cm³/mol. The van der Waals surface area contributed by atoms with Crippen molar-refractivity contribution >= 4 is 23.1 Å². The van der Waals surface area contributed by atoms with Crippen molar-refractivity contribution in [2.45, 2.75) is 27.7 Å². The van der Waals surface area contributed by atoms with Crippen LogP contribution in [-0.2, 0) is 0 Å². The van der Waals surface area contributed by atoms with Gasteiger partial charge in [0.25, 0.3) is 11.1 Å². The van der Waals surface area contributed by atoms with Crippen molar-refractivity contribution in [3.8, 4) is 11.4 Å². The summed E-state index contributed by atoms with van der Waals surface area (Å²) in [4.78, 5) is 58.3. The van der Waals surface area contributed by atoms with E-state index < -0.39 is 22.7 Å². The molecule has 170 valence electrons. The van der Waals surface area contributed by atoms with Crippen molar-refractivity contribution in [3.63, 3.8) is 0 Å². The molecule has 5 rings (SSSR count). The van der Waals surface area contributed by atoms with Gasteiger partial charge in [0.1, 0.15) is 0 Å². The summed E-state index contributed by atoms with van der Waals surface area (Å²) < 4.78 is 5.08. The van der Waals surface area contributed by atoms with Crippen LogP contribution in [0.25, 0.3) is 22.9 Å². The van der Waals surface area contributed by atoms with Crippen LogP contribution in [-0.4, -0.2) is 49.9 Å². The molecule has 12 nitrogen and oxygen atoms in total. The van der Waals surface area contributed by atoms with Crippen LogP contribution < -0.4 is 11.1 Å². The number of nitrogens with zero attached hydrogens (tertiary/aromatic N) is 8. The summed E-state index contributed by atoms with van der Waals surface area (Å²) in [5.41, 5.74) is 1.07. The molecule has 0 saturated carbocycles. The van der Waals surface area contributed by atoms with Crippen LogP contribution in [0, 0.1) is 13.8 Å². The minimum absolute atomic E-state index is 0.0508. The molecule has 0 N–H and O–H groups in total. The van der Waals surface area contributed by atoms with Gasteiger partial charge in [-0.1, -0.05) is 6.07 Å². The fraction of sp³-hybridized carbons (Fsp3) is 0.182. The Hall–Kier alpha value is -4.74. The maximum atomic E-state index is 12.6. The van der Waals surface area contributed by atoms with Crippen LogP contribution in [0.4, 0.5) is 0 Å². The van der Waals surface area contributed by atoms with Gasteiger partial charge in [0, 0.05) is 37.4 Å². The third kappa shape index (κ3) is 3.15. The van der Waals surface area contributed by atoms with Crippen LogP contribution >= 0.6 is 0 Å². The van der Waals surface area contributed by atoms with Gasteiger partial charge >= 0.3 is 0 Å². The van der Waals surface area contributed by atoms with Crippen molar-refractivity contribution in [1.29, 1.82) is 0 Å². The SMILES string of the molecule is CC(=O)c1nn(-c2cccc(-n3nc(C(C)=O)n4c(=O)cc(C)nc34)c2)c2nc(C)cc(=O)n12. The van der Waals surface area contributed by atoms with Gasteiger partial charge in [-0.25, -0.2) is 18.8 Å². The minimum atomic E-state index is -0.418. The topological polar surface area (TPSA) is 139 Å². The standard InChI is InChI=1S/C22H18N8O4/c1-11-8-17(33)27-19(13(3)31)25-29(21(27)23-11)15-6-5-7-16(10-15)30-22-24-12(2)9-18(34)28(22)20(26-30)14(4)32/h5-10H,1-4H3. The number of rotatable bonds is 4. The summed E-state index contributed by atoms with van der Waals surface area (Å²) in [6, 6.07) is 9.48. The molecule has 4 heterocycles. The third-order valence-electron chi connectivity index (χ3n) is 5.20. The lowest BCUT2D eigenvalue weighted by atomic mass is 10.3. The molecule has 0 aliphatic carbocycles. The largest absolute Gasteiger partial charge is 0.291 e. The van der Waals surface area contributed by atoms with E-state index in [9.17, 15) is 19.2 Å². The van der Waals surface area contributed by atoms with Crippen molar-refractivity contribution < 1.29 is 9.59 Å². The molecule has 0 atom stereocenters. The van der Waals surface area contributed by atoms with Gasteiger partial charge in [-0.3, -0.25) is 19.2 Å². The highest BCUT2D eigenvalue weighted by atomic mass is 16.1. The molecular formula is C22H18N8O4. The summed E-state index contributed by atoms with van der Waals surface area (Å²) in [5.74, 6) is -0.540. The number of hydrogen-bond donors (Lipinski definition) is 0. The second kappa shape index (κ2) is 7.40. The number of carbonyl (C=O) groups is 2. The molecule has 4 aromatic heterocycles. The number of fused-ring (bicyclic) bond motifs is 2. The Morgan fingerprint density at radius 2 is 1.12 bits per heavy atom. The Kier molecular flexibility index (Phi) is 4.60. The first-order valence-corrected chi connectivity index (χ1v) is 10.3. The molecule has 0 aliphatic rings. The van der Waals surface area contributed by atoms with Gasteiger partial charge in [0.15, 0.2) is 11.6 Å². The van der Waals surface area contributed by atoms with Gasteiger partial charge in [-0.05, 0) is 32.0 Å². The average molecular weight is 458 g/mol. The Morgan fingerprint density at radius 1 is 0.706 bits per heavy atom.